The number of anilines is 1. The molecule has 13 heavy (non-hydrogen) atoms. The first kappa shape index (κ1) is 10.4. The largest absolute Gasteiger partial charge is 0.371 e. The lowest BCUT2D eigenvalue weighted by molar-refractivity contribution is 0.817. The fraction of sp³-hybridized carbons (Fsp3) is 0.400. The van der Waals surface area contributed by atoms with E-state index in [2.05, 4.69) is 11.8 Å². The number of nitrogens with two attached hydrogens (primary N) is 1. The third kappa shape index (κ3) is 2.90. The highest BCUT2D eigenvalue weighted by Crippen LogP contribution is 2.17. The molecule has 2 nitrogen and oxygen atoms in total. The normalized spacial score (nSPS) is 10.1. The van der Waals surface area contributed by atoms with Crippen molar-refractivity contribution in [2.24, 2.45) is 5.73 Å². The van der Waals surface area contributed by atoms with E-state index < -0.39 is 0 Å². The van der Waals surface area contributed by atoms with Crippen LogP contribution >= 0.6 is 11.6 Å². The van der Waals surface area contributed by atoms with Crippen molar-refractivity contribution < 1.29 is 0 Å². The van der Waals surface area contributed by atoms with Gasteiger partial charge in [0.25, 0.3) is 0 Å². The summed E-state index contributed by atoms with van der Waals surface area (Å²) in [7, 11) is 0. The minimum atomic E-state index is 0.677. The molecule has 0 atom stereocenters. The molecule has 0 aliphatic rings. The minimum Gasteiger partial charge on any atom is -0.371 e. The molecule has 0 heterocycles. The fourth-order valence-electron chi connectivity index (χ4n) is 1.28. The van der Waals surface area contributed by atoms with Crippen LogP contribution in [0.15, 0.2) is 24.3 Å². The van der Waals surface area contributed by atoms with E-state index in [1.165, 1.54) is 5.69 Å². The van der Waals surface area contributed by atoms with Crippen molar-refractivity contribution in [2.75, 3.05) is 24.5 Å². The molecule has 1 aromatic carbocycles. The van der Waals surface area contributed by atoms with Crippen LogP contribution in [0.1, 0.15) is 6.92 Å². The van der Waals surface area contributed by atoms with Crippen molar-refractivity contribution in [3.63, 3.8) is 0 Å². The van der Waals surface area contributed by atoms with E-state index in [4.69, 9.17) is 17.3 Å². The first-order chi connectivity index (χ1) is 6.27. The van der Waals surface area contributed by atoms with Gasteiger partial charge in [0.1, 0.15) is 0 Å². The Hall–Kier alpha value is -0.730. The van der Waals surface area contributed by atoms with Crippen LogP contribution in [0.2, 0.25) is 5.02 Å². The quantitative estimate of drug-likeness (QED) is 0.803. The summed E-state index contributed by atoms with van der Waals surface area (Å²) in [5.41, 5.74) is 6.68. The number of halogens is 1. The van der Waals surface area contributed by atoms with Crippen LogP contribution in [0.5, 0.6) is 0 Å². The standard InChI is InChI=1S/C10H15ClN2/c1-2-13(8-7-12)10-5-3-9(11)4-6-10/h3-6H,2,7-8,12H2,1H3. The number of hydrogen-bond donors (Lipinski definition) is 1. The maximum absolute atomic E-state index is 5.79. The number of hydrogen-bond acceptors (Lipinski definition) is 2. The second kappa shape index (κ2) is 5.10. The van der Waals surface area contributed by atoms with E-state index in [0.717, 1.165) is 18.1 Å². The Morgan fingerprint density at radius 3 is 2.38 bits per heavy atom. The Kier molecular flexibility index (Phi) is 4.06. The molecule has 0 bridgehead atoms. The summed E-state index contributed by atoms with van der Waals surface area (Å²) >= 11 is 5.79. The monoisotopic (exact) mass is 198 g/mol. The van der Waals surface area contributed by atoms with Gasteiger partial charge < -0.3 is 10.6 Å². The summed E-state index contributed by atoms with van der Waals surface area (Å²) in [6, 6.07) is 7.83. The molecule has 0 aliphatic heterocycles. The molecule has 0 saturated heterocycles. The van der Waals surface area contributed by atoms with Crippen molar-refractivity contribution in [2.45, 2.75) is 6.92 Å². The highest BCUT2D eigenvalue weighted by Gasteiger charge is 2.01. The third-order valence-corrected chi connectivity index (χ3v) is 2.22. The fourth-order valence-corrected chi connectivity index (χ4v) is 1.40. The smallest absolute Gasteiger partial charge is 0.0407 e. The molecular weight excluding hydrogens is 184 g/mol. The summed E-state index contributed by atoms with van der Waals surface area (Å²) < 4.78 is 0. The highest BCUT2D eigenvalue weighted by atomic mass is 35.5. The lowest BCUT2D eigenvalue weighted by atomic mass is 10.3. The van der Waals surface area contributed by atoms with E-state index in [-0.39, 0.29) is 0 Å². The topological polar surface area (TPSA) is 29.3 Å². The van der Waals surface area contributed by atoms with Crippen LogP contribution in [0, 0.1) is 0 Å². The lowest BCUT2D eigenvalue weighted by Gasteiger charge is -2.22. The van der Waals surface area contributed by atoms with E-state index >= 15 is 0 Å². The predicted molar refractivity (Wildman–Crippen MR) is 58.4 cm³/mol. The van der Waals surface area contributed by atoms with Crippen LogP contribution in [0.4, 0.5) is 5.69 Å². The Balaban J connectivity index is 2.73. The van der Waals surface area contributed by atoms with Gasteiger partial charge in [0.05, 0.1) is 0 Å². The Morgan fingerprint density at radius 2 is 1.92 bits per heavy atom. The molecule has 0 fully saturated rings. The van der Waals surface area contributed by atoms with Crippen molar-refractivity contribution >= 4 is 17.3 Å². The average Bonchev–Trinajstić information content (AvgIpc) is 2.16. The highest BCUT2D eigenvalue weighted by molar-refractivity contribution is 6.30. The zero-order chi connectivity index (χ0) is 9.68. The average molecular weight is 199 g/mol. The summed E-state index contributed by atoms with van der Waals surface area (Å²) in [5.74, 6) is 0. The molecule has 1 aromatic rings. The minimum absolute atomic E-state index is 0.677. The maximum atomic E-state index is 5.79. The van der Waals surface area contributed by atoms with Crippen LogP contribution in [0.3, 0.4) is 0 Å². The van der Waals surface area contributed by atoms with Gasteiger partial charge in [-0.15, -0.1) is 0 Å². The van der Waals surface area contributed by atoms with Gasteiger partial charge in [0.15, 0.2) is 0 Å². The molecule has 2 N–H and O–H groups in total. The van der Waals surface area contributed by atoms with Crippen LogP contribution in [-0.2, 0) is 0 Å². The van der Waals surface area contributed by atoms with E-state index in [1.807, 2.05) is 24.3 Å². The first-order valence-electron chi connectivity index (χ1n) is 4.48. The van der Waals surface area contributed by atoms with Crippen LogP contribution in [-0.4, -0.2) is 19.6 Å². The van der Waals surface area contributed by atoms with Gasteiger partial charge in [-0.05, 0) is 31.2 Å². The molecule has 0 unspecified atom stereocenters. The van der Waals surface area contributed by atoms with Crippen molar-refractivity contribution in [1.82, 2.24) is 0 Å². The first-order valence-corrected chi connectivity index (χ1v) is 4.86. The molecule has 0 saturated carbocycles. The van der Waals surface area contributed by atoms with Crippen molar-refractivity contribution in [1.29, 1.82) is 0 Å². The van der Waals surface area contributed by atoms with Gasteiger partial charge >= 0.3 is 0 Å². The molecule has 1 rings (SSSR count). The Bertz CT molecular complexity index is 246. The van der Waals surface area contributed by atoms with Gasteiger partial charge in [-0.3, -0.25) is 0 Å². The second-order valence-electron chi connectivity index (χ2n) is 2.84. The van der Waals surface area contributed by atoms with Crippen LogP contribution < -0.4 is 10.6 Å². The van der Waals surface area contributed by atoms with Crippen molar-refractivity contribution in [3.8, 4) is 0 Å². The molecule has 0 spiro atoms. The number of benzene rings is 1. The number of likely N-dealkylation sites (N-methyl/N-ethyl adjacent to an activating group) is 1. The van der Waals surface area contributed by atoms with E-state index in [1.54, 1.807) is 0 Å². The van der Waals surface area contributed by atoms with E-state index in [9.17, 15) is 0 Å². The van der Waals surface area contributed by atoms with Gasteiger partial charge in [-0.1, -0.05) is 11.6 Å². The zero-order valence-electron chi connectivity index (χ0n) is 7.83. The Morgan fingerprint density at radius 1 is 1.31 bits per heavy atom. The SMILES string of the molecule is CCN(CCN)c1ccc(Cl)cc1. The third-order valence-electron chi connectivity index (χ3n) is 1.97. The molecule has 0 radical (unpaired) electrons. The molecule has 0 amide bonds. The zero-order valence-corrected chi connectivity index (χ0v) is 8.59. The summed E-state index contributed by atoms with van der Waals surface area (Å²) in [4.78, 5) is 2.22. The predicted octanol–water partition coefficient (Wildman–Crippen LogP) is 2.12. The van der Waals surface area contributed by atoms with Crippen LogP contribution in [0.25, 0.3) is 0 Å². The second-order valence-corrected chi connectivity index (χ2v) is 3.28. The molecule has 72 valence electrons. The van der Waals surface area contributed by atoms with Gasteiger partial charge in [0.2, 0.25) is 0 Å². The maximum Gasteiger partial charge on any atom is 0.0407 e. The molecule has 0 aromatic heterocycles. The Labute approximate surface area is 84.3 Å². The van der Waals surface area contributed by atoms with Gasteiger partial charge in [0, 0.05) is 30.3 Å². The van der Waals surface area contributed by atoms with Gasteiger partial charge in [-0.25, -0.2) is 0 Å². The number of nitrogens with zero attached hydrogens (tertiary/aromatic N) is 1. The molecule has 3 heteroatoms. The summed E-state index contributed by atoms with van der Waals surface area (Å²) in [6.45, 7) is 4.65. The van der Waals surface area contributed by atoms with E-state index in [0.29, 0.717) is 6.54 Å². The summed E-state index contributed by atoms with van der Waals surface area (Å²) in [6.07, 6.45) is 0. The lowest BCUT2D eigenvalue weighted by Crippen LogP contribution is -2.28. The molecule has 0 aliphatic carbocycles. The number of rotatable bonds is 4. The van der Waals surface area contributed by atoms with Crippen molar-refractivity contribution in [3.05, 3.63) is 29.3 Å². The molecular formula is C10H15ClN2. The summed E-state index contributed by atoms with van der Waals surface area (Å²) in [5, 5.41) is 0.771. The van der Waals surface area contributed by atoms with Gasteiger partial charge in [-0.2, -0.15) is 0 Å².